The van der Waals surface area contributed by atoms with Crippen LogP contribution in [0.25, 0.3) is 0 Å². The average molecular weight is 248 g/mol. The van der Waals surface area contributed by atoms with E-state index in [-0.39, 0.29) is 5.92 Å². The molecular formula is C15H20O3. The van der Waals surface area contributed by atoms with Crippen LogP contribution in [0.3, 0.4) is 0 Å². The minimum Gasteiger partial charge on any atom is -0.494 e. The van der Waals surface area contributed by atoms with Gasteiger partial charge in [0, 0.05) is 6.08 Å². The molecule has 1 N–H and O–H groups in total. The van der Waals surface area contributed by atoms with Crippen LogP contribution in [0.4, 0.5) is 0 Å². The predicted octanol–water partition coefficient (Wildman–Crippen LogP) is 3.29. The van der Waals surface area contributed by atoms with Crippen LogP contribution in [-0.2, 0) is 11.2 Å². The van der Waals surface area contributed by atoms with Gasteiger partial charge in [0.05, 0.1) is 6.61 Å². The van der Waals surface area contributed by atoms with Crippen molar-refractivity contribution in [1.29, 1.82) is 0 Å². The van der Waals surface area contributed by atoms with Crippen LogP contribution in [0.1, 0.15) is 26.3 Å². The summed E-state index contributed by atoms with van der Waals surface area (Å²) in [6, 6.07) is 7.78. The summed E-state index contributed by atoms with van der Waals surface area (Å²) in [6.45, 7) is 6.60. The molecule has 0 heterocycles. The molecule has 0 aliphatic carbocycles. The summed E-state index contributed by atoms with van der Waals surface area (Å²) in [4.78, 5) is 10.7. The van der Waals surface area contributed by atoms with Crippen molar-refractivity contribution in [2.45, 2.75) is 27.2 Å². The summed E-state index contributed by atoms with van der Waals surface area (Å²) in [5.41, 5.74) is 2.02. The summed E-state index contributed by atoms with van der Waals surface area (Å²) in [5.74, 6) is 0.187. The quantitative estimate of drug-likeness (QED) is 0.786. The van der Waals surface area contributed by atoms with Crippen molar-refractivity contribution in [3.8, 4) is 5.75 Å². The standard InChI is InChI=1S/C15H20O3/c1-4-18-14-7-5-12(6-8-14)9-13(11(2)3)10-15(16)17/h5-8,10-11H,4,9H2,1-3H3,(H,16,17)/b13-10-. The number of carbonyl (C=O) groups is 1. The highest BCUT2D eigenvalue weighted by Crippen LogP contribution is 2.19. The van der Waals surface area contributed by atoms with Gasteiger partial charge in [-0.3, -0.25) is 0 Å². The van der Waals surface area contributed by atoms with Crippen molar-refractivity contribution in [2.75, 3.05) is 6.61 Å². The van der Waals surface area contributed by atoms with E-state index >= 15 is 0 Å². The highest BCUT2D eigenvalue weighted by Gasteiger charge is 2.07. The number of hydrogen-bond donors (Lipinski definition) is 1. The molecule has 0 radical (unpaired) electrons. The van der Waals surface area contributed by atoms with E-state index in [9.17, 15) is 4.79 Å². The molecule has 18 heavy (non-hydrogen) atoms. The van der Waals surface area contributed by atoms with E-state index in [1.165, 1.54) is 6.08 Å². The van der Waals surface area contributed by atoms with Crippen LogP contribution in [-0.4, -0.2) is 17.7 Å². The average Bonchev–Trinajstić information content (AvgIpc) is 2.30. The number of ether oxygens (including phenoxy) is 1. The number of carboxylic acid groups (broad SMARTS) is 1. The first-order valence-corrected chi connectivity index (χ1v) is 6.18. The third kappa shape index (κ3) is 4.62. The zero-order valence-electron chi connectivity index (χ0n) is 11.1. The van der Waals surface area contributed by atoms with Gasteiger partial charge in [-0.25, -0.2) is 4.79 Å². The number of hydrogen-bond acceptors (Lipinski definition) is 2. The molecule has 0 aliphatic heterocycles. The largest absolute Gasteiger partial charge is 0.494 e. The van der Waals surface area contributed by atoms with Crippen LogP contribution in [0, 0.1) is 5.92 Å². The van der Waals surface area contributed by atoms with Gasteiger partial charge in [0.15, 0.2) is 0 Å². The zero-order chi connectivity index (χ0) is 13.5. The molecule has 1 aromatic carbocycles. The molecule has 0 atom stereocenters. The Morgan fingerprint density at radius 1 is 1.33 bits per heavy atom. The van der Waals surface area contributed by atoms with Crippen LogP contribution in [0.5, 0.6) is 5.75 Å². The molecule has 98 valence electrons. The normalized spacial score (nSPS) is 11.7. The summed E-state index contributed by atoms with van der Waals surface area (Å²) in [7, 11) is 0. The minimum absolute atomic E-state index is 0.229. The fraction of sp³-hybridized carbons (Fsp3) is 0.400. The predicted molar refractivity (Wildman–Crippen MR) is 71.9 cm³/mol. The number of aliphatic carboxylic acids is 1. The number of rotatable bonds is 6. The van der Waals surface area contributed by atoms with Crippen LogP contribution >= 0.6 is 0 Å². The zero-order valence-corrected chi connectivity index (χ0v) is 11.1. The SMILES string of the molecule is CCOc1ccc(C/C(=C/C(=O)O)C(C)C)cc1. The molecule has 0 bridgehead atoms. The van der Waals surface area contributed by atoms with Crippen molar-refractivity contribution >= 4 is 5.97 Å². The first-order chi connectivity index (χ1) is 8.52. The van der Waals surface area contributed by atoms with Crippen molar-refractivity contribution in [1.82, 2.24) is 0 Å². The first kappa shape index (κ1) is 14.3. The second-order valence-electron chi connectivity index (χ2n) is 4.47. The van der Waals surface area contributed by atoms with Crippen molar-refractivity contribution in [2.24, 2.45) is 5.92 Å². The molecule has 0 amide bonds. The van der Waals surface area contributed by atoms with E-state index in [1.807, 2.05) is 45.0 Å². The second-order valence-corrected chi connectivity index (χ2v) is 4.47. The van der Waals surface area contributed by atoms with Gasteiger partial charge >= 0.3 is 5.97 Å². The Kier molecular flexibility index (Phi) is 5.43. The highest BCUT2D eigenvalue weighted by molar-refractivity contribution is 5.80. The fourth-order valence-electron chi connectivity index (χ4n) is 1.69. The lowest BCUT2D eigenvalue weighted by molar-refractivity contribution is -0.131. The molecule has 0 saturated heterocycles. The maximum atomic E-state index is 10.7. The lowest BCUT2D eigenvalue weighted by atomic mass is 9.95. The lowest BCUT2D eigenvalue weighted by Crippen LogP contribution is -2.02. The van der Waals surface area contributed by atoms with Gasteiger partial charge < -0.3 is 9.84 Å². The van der Waals surface area contributed by atoms with Gasteiger partial charge in [-0.1, -0.05) is 31.6 Å². The van der Waals surface area contributed by atoms with E-state index in [4.69, 9.17) is 9.84 Å². The van der Waals surface area contributed by atoms with Gasteiger partial charge in [-0.2, -0.15) is 0 Å². The van der Waals surface area contributed by atoms with Crippen LogP contribution < -0.4 is 4.74 Å². The summed E-state index contributed by atoms with van der Waals surface area (Å²) in [5, 5.41) is 8.83. The summed E-state index contributed by atoms with van der Waals surface area (Å²) >= 11 is 0. The summed E-state index contributed by atoms with van der Waals surface area (Å²) < 4.78 is 5.37. The molecule has 0 fully saturated rings. The number of benzene rings is 1. The summed E-state index contributed by atoms with van der Waals surface area (Å²) in [6.07, 6.45) is 1.97. The molecule has 3 heteroatoms. The van der Waals surface area contributed by atoms with Gasteiger partial charge in [-0.15, -0.1) is 0 Å². The Bertz CT molecular complexity index is 416. The van der Waals surface area contributed by atoms with Crippen LogP contribution in [0.2, 0.25) is 0 Å². The van der Waals surface area contributed by atoms with Gasteiger partial charge in [0.2, 0.25) is 0 Å². The first-order valence-electron chi connectivity index (χ1n) is 6.18. The van der Waals surface area contributed by atoms with Crippen molar-refractivity contribution in [3.05, 3.63) is 41.5 Å². The molecule has 1 rings (SSSR count). The van der Waals surface area contributed by atoms with Gasteiger partial charge in [0.25, 0.3) is 0 Å². The van der Waals surface area contributed by atoms with Gasteiger partial charge in [0.1, 0.15) is 5.75 Å². The van der Waals surface area contributed by atoms with E-state index in [1.54, 1.807) is 0 Å². The van der Waals surface area contributed by atoms with Crippen molar-refractivity contribution < 1.29 is 14.6 Å². The second kappa shape index (κ2) is 6.84. The Labute approximate surface area is 108 Å². The maximum absolute atomic E-state index is 10.7. The molecule has 0 spiro atoms. The van der Waals surface area contributed by atoms with E-state index in [2.05, 4.69) is 0 Å². The maximum Gasteiger partial charge on any atom is 0.328 e. The highest BCUT2D eigenvalue weighted by atomic mass is 16.5. The van der Waals surface area contributed by atoms with E-state index in [0.717, 1.165) is 16.9 Å². The molecule has 0 aromatic heterocycles. The van der Waals surface area contributed by atoms with Crippen molar-refractivity contribution in [3.63, 3.8) is 0 Å². The van der Waals surface area contributed by atoms with E-state index < -0.39 is 5.97 Å². The Morgan fingerprint density at radius 3 is 2.39 bits per heavy atom. The smallest absolute Gasteiger partial charge is 0.328 e. The number of allylic oxidation sites excluding steroid dienone is 1. The topological polar surface area (TPSA) is 46.5 Å². The van der Waals surface area contributed by atoms with Crippen LogP contribution in [0.15, 0.2) is 35.9 Å². The third-order valence-corrected chi connectivity index (χ3v) is 2.69. The lowest BCUT2D eigenvalue weighted by Gasteiger charge is -2.11. The fourth-order valence-corrected chi connectivity index (χ4v) is 1.69. The molecular weight excluding hydrogens is 228 g/mol. The monoisotopic (exact) mass is 248 g/mol. The molecule has 3 nitrogen and oxygen atoms in total. The minimum atomic E-state index is -0.885. The third-order valence-electron chi connectivity index (χ3n) is 2.69. The molecule has 0 saturated carbocycles. The number of carboxylic acids is 1. The Hall–Kier alpha value is -1.77. The Balaban J connectivity index is 2.78. The van der Waals surface area contributed by atoms with E-state index in [0.29, 0.717) is 13.0 Å². The molecule has 0 unspecified atom stereocenters. The Morgan fingerprint density at radius 2 is 1.94 bits per heavy atom. The van der Waals surface area contributed by atoms with Gasteiger partial charge in [-0.05, 0) is 37.0 Å². The molecule has 1 aromatic rings. The molecule has 0 aliphatic rings.